The third kappa shape index (κ3) is 3.25. The Morgan fingerprint density at radius 2 is 1.81 bits per heavy atom. The van der Waals surface area contributed by atoms with Crippen LogP contribution in [-0.4, -0.2) is 6.79 Å². The molecule has 0 amide bonds. The van der Waals surface area contributed by atoms with Crippen LogP contribution < -0.4 is 14.8 Å². The van der Waals surface area contributed by atoms with Crippen LogP contribution in [-0.2, 0) is 6.54 Å². The zero-order chi connectivity index (χ0) is 14.8. The van der Waals surface area contributed by atoms with Crippen molar-refractivity contribution >= 4 is 31.9 Å². The molecule has 0 bridgehead atoms. The fourth-order valence-electron chi connectivity index (χ4n) is 2.29. The Morgan fingerprint density at radius 3 is 2.57 bits per heavy atom. The van der Waals surface area contributed by atoms with E-state index in [0.29, 0.717) is 6.79 Å². The van der Waals surface area contributed by atoms with Gasteiger partial charge in [-0.15, -0.1) is 0 Å². The molecule has 21 heavy (non-hydrogen) atoms. The van der Waals surface area contributed by atoms with Crippen LogP contribution in [0.4, 0.5) is 0 Å². The molecule has 2 aromatic rings. The molecule has 1 atom stereocenters. The van der Waals surface area contributed by atoms with Gasteiger partial charge in [0.25, 0.3) is 0 Å². The average Bonchev–Trinajstić information content (AvgIpc) is 2.92. The van der Waals surface area contributed by atoms with E-state index in [-0.39, 0.29) is 6.04 Å². The van der Waals surface area contributed by atoms with E-state index in [2.05, 4.69) is 62.3 Å². The molecule has 3 nitrogen and oxygen atoms in total. The van der Waals surface area contributed by atoms with Gasteiger partial charge in [0.2, 0.25) is 6.79 Å². The van der Waals surface area contributed by atoms with Gasteiger partial charge in [-0.05, 0) is 36.2 Å². The first kappa shape index (κ1) is 14.9. The van der Waals surface area contributed by atoms with Crippen molar-refractivity contribution in [2.45, 2.75) is 19.5 Å². The fourth-order valence-corrected chi connectivity index (χ4v) is 3.38. The molecule has 1 unspecified atom stereocenters. The summed E-state index contributed by atoms with van der Waals surface area (Å²) in [5.41, 5.74) is 2.40. The number of benzene rings is 2. The zero-order valence-corrected chi connectivity index (χ0v) is 14.7. The fraction of sp³-hybridized carbons (Fsp3) is 0.250. The van der Waals surface area contributed by atoms with Gasteiger partial charge in [0.1, 0.15) is 0 Å². The number of hydrogen-bond donors (Lipinski definition) is 1. The lowest BCUT2D eigenvalue weighted by atomic mass is 10.1. The highest BCUT2D eigenvalue weighted by Crippen LogP contribution is 2.37. The van der Waals surface area contributed by atoms with Crippen molar-refractivity contribution in [2.24, 2.45) is 0 Å². The van der Waals surface area contributed by atoms with Crippen molar-refractivity contribution in [1.82, 2.24) is 5.32 Å². The van der Waals surface area contributed by atoms with Crippen molar-refractivity contribution in [1.29, 1.82) is 0 Å². The molecule has 0 aromatic heterocycles. The topological polar surface area (TPSA) is 30.5 Å². The third-order valence-electron chi connectivity index (χ3n) is 3.51. The molecule has 0 spiro atoms. The highest BCUT2D eigenvalue weighted by atomic mass is 79.9. The van der Waals surface area contributed by atoms with Crippen LogP contribution in [0.2, 0.25) is 0 Å². The Bertz CT molecular complexity index is 661. The Kier molecular flexibility index (Phi) is 4.52. The van der Waals surface area contributed by atoms with E-state index in [1.807, 2.05) is 18.2 Å². The second-order valence-electron chi connectivity index (χ2n) is 4.92. The third-order valence-corrected chi connectivity index (χ3v) is 4.97. The van der Waals surface area contributed by atoms with Crippen molar-refractivity contribution in [3.8, 4) is 11.5 Å². The van der Waals surface area contributed by atoms with Crippen LogP contribution >= 0.6 is 31.9 Å². The summed E-state index contributed by atoms with van der Waals surface area (Å²) in [6, 6.07) is 12.5. The second-order valence-corrected chi connectivity index (χ2v) is 6.63. The molecule has 0 aliphatic carbocycles. The lowest BCUT2D eigenvalue weighted by Crippen LogP contribution is -2.18. The summed E-state index contributed by atoms with van der Waals surface area (Å²) in [7, 11) is 0. The largest absolute Gasteiger partial charge is 0.454 e. The van der Waals surface area contributed by atoms with Crippen LogP contribution in [0, 0.1) is 0 Å². The molecule has 110 valence electrons. The maximum atomic E-state index is 5.43. The average molecular weight is 413 g/mol. The minimum atomic E-state index is 0.248. The first-order chi connectivity index (χ1) is 10.1. The van der Waals surface area contributed by atoms with Gasteiger partial charge in [-0.1, -0.05) is 50.1 Å². The Balaban J connectivity index is 1.72. The van der Waals surface area contributed by atoms with E-state index in [4.69, 9.17) is 9.47 Å². The first-order valence-corrected chi connectivity index (χ1v) is 8.29. The van der Waals surface area contributed by atoms with E-state index >= 15 is 0 Å². The van der Waals surface area contributed by atoms with E-state index < -0.39 is 0 Å². The molecule has 3 rings (SSSR count). The number of rotatable bonds is 4. The van der Waals surface area contributed by atoms with Crippen molar-refractivity contribution in [2.75, 3.05) is 6.79 Å². The Hall–Kier alpha value is -1.04. The van der Waals surface area contributed by atoms with Gasteiger partial charge in [0.05, 0.1) is 0 Å². The Morgan fingerprint density at radius 1 is 1.10 bits per heavy atom. The predicted molar refractivity (Wildman–Crippen MR) is 89.7 cm³/mol. The summed E-state index contributed by atoms with van der Waals surface area (Å²) in [6.07, 6.45) is 0. The van der Waals surface area contributed by atoms with Crippen LogP contribution in [0.3, 0.4) is 0 Å². The van der Waals surface area contributed by atoms with Crippen molar-refractivity contribution in [3.05, 3.63) is 56.5 Å². The maximum Gasteiger partial charge on any atom is 0.231 e. The molecule has 1 aliphatic heterocycles. The summed E-state index contributed by atoms with van der Waals surface area (Å²) >= 11 is 7.18. The molecule has 2 aromatic carbocycles. The molecule has 1 aliphatic rings. The molecular formula is C16H15Br2NO2. The van der Waals surface area contributed by atoms with Crippen LogP contribution in [0.15, 0.2) is 45.3 Å². The van der Waals surface area contributed by atoms with Crippen molar-refractivity contribution < 1.29 is 9.47 Å². The predicted octanol–water partition coefficient (Wildman–Crippen LogP) is 4.79. The number of hydrogen-bond acceptors (Lipinski definition) is 3. The van der Waals surface area contributed by atoms with Crippen LogP contribution in [0.5, 0.6) is 11.5 Å². The van der Waals surface area contributed by atoms with Crippen LogP contribution in [0.25, 0.3) is 0 Å². The number of nitrogens with one attached hydrogen (secondary N) is 1. The van der Waals surface area contributed by atoms with Crippen LogP contribution in [0.1, 0.15) is 24.1 Å². The lowest BCUT2D eigenvalue weighted by molar-refractivity contribution is 0.174. The van der Waals surface area contributed by atoms with Gasteiger partial charge in [-0.3, -0.25) is 0 Å². The quantitative estimate of drug-likeness (QED) is 0.782. The molecule has 0 saturated heterocycles. The van der Waals surface area contributed by atoms with Gasteiger partial charge >= 0.3 is 0 Å². The van der Waals surface area contributed by atoms with E-state index in [0.717, 1.165) is 32.6 Å². The normalized spacial score (nSPS) is 14.2. The number of fused-ring (bicyclic) bond motifs is 1. The number of halogens is 2. The SMILES string of the molecule is CC(NCc1cc2c(cc1Br)OCO2)c1ccccc1Br. The van der Waals surface area contributed by atoms with Crippen molar-refractivity contribution in [3.63, 3.8) is 0 Å². The van der Waals surface area contributed by atoms with E-state index in [1.54, 1.807) is 0 Å². The molecule has 0 radical (unpaired) electrons. The molecule has 5 heteroatoms. The first-order valence-electron chi connectivity index (χ1n) is 6.71. The highest BCUT2D eigenvalue weighted by Gasteiger charge is 2.17. The van der Waals surface area contributed by atoms with E-state index in [9.17, 15) is 0 Å². The summed E-state index contributed by atoms with van der Waals surface area (Å²) in [5, 5.41) is 3.53. The lowest BCUT2D eigenvalue weighted by Gasteiger charge is -2.16. The summed E-state index contributed by atoms with van der Waals surface area (Å²) < 4.78 is 12.9. The van der Waals surface area contributed by atoms with Gasteiger partial charge < -0.3 is 14.8 Å². The minimum absolute atomic E-state index is 0.248. The van der Waals surface area contributed by atoms with Gasteiger partial charge in [-0.25, -0.2) is 0 Å². The smallest absolute Gasteiger partial charge is 0.231 e. The van der Waals surface area contributed by atoms with Gasteiger partial charge in [-0.2, -0.15) is 0 Å². The highest BCUT2D eigenvalue weighted by molar-refractivity contribution is 9.10. The second kappa shape index (κ2) is 6.38. The summed E-state index contributed by atoms with van der Waals surface area (Å²) in [4.78, 5) is 0. The summed E-state index contributed by atoms with van der Waals surface area (Å²) in [5.74, 6) is 1.60. The zero-order valence-electron chi connectivity index (χ0n) is 11.5. The molecule has 0 fully saturated rings. The Labute approximate surface area is 140 Å². The molecule has 0 saturated carbocycles. The summed E-state index contributed by atoms with van der Waals surface area (Å²) in [6.45, 7) is 3.20. The standard InChI is InChI=1S/C16H15Br2NO2/c1-10(12-4-2-3-5-13(12)17)19-8-11-6-15-16(7-14(11)18)21-9-20-15/h2-7,10,19H,8-9H2,1H3. The van der Waals surface area contributed by atoms with Gasteiger partial charge in [0, 0.05) is 21.5 Å². The van der Waals surface area contributed by atoms with E-state index in [1.165, 1.54) is 5.56 Å². The van der Waals surface area contributed by atoms with Gasteiger partial charge in [0.15, 0.2) is 11.5 Å². The minimum Gasteiger partial charge on any atom is -0.454 e. The monoisotopic (exact) mass is 411 g/mol. The molecule has 1 heterocycles. The molecule has 1 N–H and O–H groups in total. The number of ether oxygens (including phenoxy) is 2. The maximum absolute atomic E-state index is 5.43. The molecular weight excluding hydrogens is 398 g/mol.